The van der Waals surface area contributed by atoms with Gasteiger partial charge in [-0.15, -0.1) is 0 Å². The van der Waals surface area contributed by atoms with Crippen LogP contribution in [0.15, 0.2) is 12.1 Å². The Bertz CT molecular complexity index is 709. The van der Waals surface area contributed by atoms with Crippen LogP contribution in [0.3, 0.4) is 0 Å². The van der Waals surface area contributed by atoms with E-state index in [4.69, 9.17) is 9.47 Å². The summed E-state index contributed by atoms with van der Waals surface area (Å²) in [5, 5.41) is 10.9. The van der Waals surface area contributed by atoms with Crippen molar-refractivity contribution in [2.45, 2.75) is 58.3 Å². The maximum Gasteiger partial charge on any atom is 0.162 e. The SMILES string of the molecule is COc1cc2c(cc1OC1CN(C)C1)CCN1CC(CC(C)(C)C)C(O)CC21. The number of hydrogen-bond donors (Lipinski definition) is 1. The first-order valence-corrected chi connectivity index (χ1v) is 10.7. The van der Waals surface area contributed by atoms with Crippen molar-refractivity contribution < 1.29 is 14.6 Å². The minimum absolute atomic E-state index is 0.237. The lowest BCUT2D eigenvalue weighted by Crippen LogP contribution is -2.51. The second-order valence-corrected chi connectivity index (χ2v) is 10.3. The Kier molecular flexibility index (Phi) is 5.36. The largest absolute Gasteiger partial charge is 0.493 e. The van der Waals surface area contributed by atoms with Crippen molar-refractivity contribution >= 4 is 0 Å². The Morgan fingerprint density at radius 3 is 2.54 bits per heavy atom. The predicted molar refractivity (Wildman–Crippen MR) is 111 cm³/mol. The molecule has 3 aliphatic heterocycles. The maximum absolute atomic E-state index is 10.9. The molecule has 1 aromatic carbocycles. The van der Waals surface area contributed by atoms with Crippen LogP contribution in [0, 0.1) is 11.3 Å². The summed E-state index contributed by atoms with van der Waals surface area (Å²) in [6, 6.07) is 4.64. The Balaban J connectivity index is 1.54. The highest BCUT2D eigenvalue weighted by molar-refractivity contribution is 5.50. The maximum atomic E-state index is 10.9. The molecule has 2 saturated heterocycles. The lowest BCUT2D eigenvalue weighted by atomic mass is 9.75. The van der Waals surface area contributed by atoms with Crippen LogP contribution < -0.4 is 9.47 Å². The van der Waals surface area contributed by atoms with Gasteiger partial charge in [0.05, 0.1) is 13.2 Å². The first-order chi connectivity index (χ1) is 13.2. The van der Waals surface area contributed by atoms with Gasteiger partial charge < -0.3 is 14.6 Å². The van der Waals surface area contributed by atoms with Crippen LogP contribution in [0.4, 0.5) is 0 Å². The summed E-state index contributed by atoms with van der Waals surface area (Å²) >= 11 is 0. The molecule has 28 heavy (non-hydrogen) atoms. The fourth-order valence-electron chi connectivity index (χ4n) is 5.23. The van der Waals surface area contributed by atoms with Crippen LogP contribution in [0.2, 0.25) is 0 Å². The van der Waals surface area contributed by atoms with Gasteiger partial charge in [-0.2, -0.15) is 0 Å². The lowest BCUT2D eigenvalue weighted by molar-refractivity contribution is -0.0259. The summed E-state index contributed by atoms with van der Waals surface area (Å²) in [5.74, 6) is 2.05. The molecule has 3 heterocycles. The highest BCUT2D eigenvalue weighted by Gasteiger charge is 2.40. The van der Waals surface area contributed by atoms with Gasteiger partial charge in [0.25, 0.3) is 0 Å². The molecule has 1 aromatic rings. The van der Waals surface area contributed by atoms with Gasteiger partial charge in [0.1, 0.15) is 6.10 Å². The van der Waals surface area contributed by atoms with E-state index in [9.17, 15) is 5.11 Å². The number of piperidine rings is 1. The molecule has 0 saturated carbocycles. The number of likely N-dealkylation sites (N-methyl/N-ethyl adjacent to an activating group) is 1. The fraction of sp³-hybridized carbons (Fsp3) is 0.739. The molecule has 3 unspecified atom stereocenters. The molecule has 3 aliphatic rings. The Morgan fingerprint density at radius 1 is 1.14 bits per heavy atom. The van der Waals surface area contributed by atoms with E-state index in [2.05, 4.69) is 49.8 Å². The molecule has 1 N–H and O–H groups in total. The Hall–Kier alpha value is -1.30. The minimum Gasteiger partial charge on any atom is -0.493 e. The van der Waals surface area contributed by atoms with E-state index < -0.39 is 0 Å². The molecule has 0 spiro atoms. The van der Waals surface area contributed by atoms with E-state index in [1.165, 1.54) is 11.1 Å². The molecule has 0 aromatic heterocycles. The van der Waals surface area contributed by atoms with Gasteiger partial charge in [-0.05, 0) is 60.9 Å². The number of methoxy groups -OCH3 is 1. The van der Waals surface area contributed by atoms with Crippen molar-refractivity contribution in [3.05, 3.63) is 23.3 Å². The molecule has 2 fully saturated rings. The first-order valence-electron chi connectivity index (χ1n) is 10.7. The summed E-state index contributed by atoms with van der Waals surface area (Å²) in [5.41, 5.74) is 2.91. The third-order valence-electron chi connectivity index (χ3n) is 6.57. The van der Waals surface area contributed by atoms with Crippen LogP contribution in [0.25, 0.3) is 0 Å². The summed E-state index contributed by atoms with van der Waals surface area (Å²) in [7, 11) is 3.83. The molecule has 3 atom stereocenters. The zero-order valence-electron chi connectivity index (χ0n) is 18.1. The quantitative estimate of drug-likeness (QED) is 0.859. The van der Waals surface area contributed by atoms with Gasteiger partial charge in [-0.1, -0.05) is 20.8 Å². The smallest absolute Gasteiger partial charge is 0.162 e. The zero-order valence-corrected chi connectivity index (χ0v) is 18.1. The Morgan fingerprint density at radius 2 is 1.89 bits per heavy atom. The summed E-state index contributed by atoms with van der Waals surface area (Å²) < 4.78 is 11.9. The second kappa shape index (κ2) is 7.51. The second-order valence-electron chi connectivity index (χ2n) is 10.3. The molecule has 0 bridgehead atoms. The highest BCUT2D eigenvalue weighted by Crippen LogP contribution is 2.44. The number of aliphatic hydroxyl groups excluding tert-OH is 1. The van der Waals surface area contributed by atoms with Gasteiger partial charge in [0.15, 0.2) is 11.5 Å². The highest BCUT2D eigenvalue weighted by atomic mass is 16.5. The number of aliphatic hydroxyl groups is 1. The summed E-state index contributed by atoms with van der Waals surface area (Å²) in [6.07, 6.45) is 2.93. The van der Waals surface area contributed by atoms with Crippen molar-refractivity contribution in [2.24, 2.45) is 11.3 Å². The lowest BCUT2D eigenvalue weighted by Gasteiger charge is -2.47. The number of rotatable bonds is 4. The average molecular weight is 389 g/mol. The molecule has 0 aliphatic carbocycles. The normalized spacial score (nSPS) is 29.0. The molecule has 5 nitrogen and oxygen atoms in total. The van der Waals surface area contributed by atoms with Gasteiger partial charge >= 0.3 is 0 Å². The average Bonchev–Trinajstić information content (AvgIpc) is 2.59. The molecule has 156 valence electrons. The number of nitrogens with zero attached hydrogens (tertiary/aromatic N) is 2. The van der Waals surface area contributed by atoms with Crippen molar-refractivity contribution in [1.29, 1.82) is 0 Å². The molecular weight excluding hydrogens is 352 g/mol. The van der Waals surface area contributed by atoms with Gasteiger partial charge in [0.2, 0.25) is 0 Å². The minimum atomic E-state index is -0.237. The monoisotopic (exact) mass is 388 g/mol. The molecule has 4 rings (SSSR count). The number of ether oxygens (including phenoxy) is 2. The topological polar surface area (TPSA) is 45.2 Å². The van der Waals surface area contributed by atoms with Crippen LogP contribution in [-0.4, -0.2) is 67.5 Å². The van der Waals surface area contributed by atoms with E-state index in [-0.39, 0.29) is 23.7 Å². The first kappa shape index (κ1) is 20.0. The standard InChI is InChI=1S/C23H36N2O3/c1-23(2,3)11-16-12-25-7-6-15-8-22(28-17-13-24(4)14-17)21(27-5)9-18(15)19(25)10-20(16)26/h8-9,16-17,19-20,26H,6-7,10-14H2,1-5H3. The summed E-state index contributed by atoms with van der Waals surface area (Å²) in [4.78, 5) is 4.83. The van der Waals surface area contributed by atoms with E-state index in [1.54, 1.807) is 7.11 Å². The molecule has 0 amide bonds. The number of fused-ring (bicyclic) bond motifs is 3. The third kappa shape index (κ3) is 4.03. The predicted octanol–water partition coefficient (Wildman–Crippen LogP) is 3.10. The van der Waals surface area contributed by atoms with E-state index in [0.717, 1.165) is 56.9 Å². The molecular formula is C23H36N2O3. The van der Waals surface area contributed by atoms with Gasteiger partial charge in [0, 0.05) is 32.2 Å². The number of hydrogen-bond acceptors (Lipinski definition) is 5. The van der Waals surface area contributed by atoms with Crippen molar-refractivity contribution in [3.8, 4) is 11.5 Å². The van der Waals surface area contributed by atoms with Crippen molar-refractivity contribution in [3.63, 3.8) is 0 Å². The third-order valence-corrected chi connectivity index (χ3v) is 6.57. The molecule has 5 heteroatoms. The Labute approximate surface area is 169 Å². The summed E-state index contributed by atoms with van der Waals surface area (Å²) in [6.45, 7) is 10.8. The van der Waals surface area contributed by atoms with Gasteiger partial charge in [-0.3, -0.25) is 9.80 Å². The van der Waals surface area contributed by atoms with E-state index in [0.29, 0.717) is 5.92 Å². The van der Waals surface area contributed by atoms with E-state index in [1.807, 2.05) is 0 Å². The van der Waals surface area contributed by atoms with Crippen molar-refractivity contribution in [1.82, 2.24) is 9.80 Å². The fourth-order valence-corrected chi connectivity index (χ4v) is 5.23. The van der Waals surface area contributed by atoms with Gasteiger partial charge in [-0.25, -0.2) is 0 Å². The van der Waals surface area contributed by atoms with Crippen molar-refractivity contribution in [2.75, 3.05) is 40.3 Å². The number of benzene rings is 1. The van der Waals surface area contributed by atoms with Crippen LogP contribution in [0.1, 0.15) is 50.8 Å². The van der Waals surface area contributed by atoms with Crippen LogP contribution >= 0.6 is 0 Å². The number of likely N-dealkylation sites (tertiary alicyclic amines) is 1. The van der Waals surface area contributed by atoms with Crippen LogP contribution in [-0.2, 0) is 6.42 Å². The zero-order chi connectivity index (χ0) is 20.1. The van der Waals surface area contributed by atoms with E-state index >= 15 is 0 Å². The van der Waals surface area contributed by atoms with Crippen LogP contribution in [0.5, 0.6) is 11.5 Å². The molecule has 0 radical (unpaired) electrons.